The number of hydrogen-bond donors (Lipinski definition) is 2. The lowest BCUT2D eigenvalue weighted by Gasteiger charge is -2.33. The summed E-state index contributed by atoms with van der Waals surface area (Å²) in [5.74, 6) is 1.03. The Hall–Kier alpha value is -4.70. The number of benzene rings is 3. The first-order valence-electron chi connectivity index (χ1n) is 13.5. The number of likely N-dealkylation sites (N-methyl/N-ethyl adjacent to an activating group) is 1. The predicted octanol–water partition coefficient (Wildman–Crippen LogP) is 3.82. The van der Waals surface area contributed by atoms with Crippen LogP contribution in [0.4, 0.5) is 11.8 Å². The molecule has 4 aromatic rings. The van der Waals surface area contributed by atoms with Crippen LogP contribution in [-0.2, 0) is 11.3 Å². The number of carbonyl (C=O) groups excluding carboxylic acids is 2. The van der Waals surface area contributed by atoms with Crippen LogP contribution in [-0.4, -0.2) is 67.1 Å². The minimum atomic E-state index is -0.392. The molecule has 1 fully saturated rings. The van der Waals surface area contributed by atoms with Crippen molar-refractivity contribution in [3.8, 4) is 5.75 Å². The lowest BCUT2D eigenvalue weighted by Crippen LogP contribution is -2.45. The molecule has 1 aromatic heterocycles. The summed E-state index contributed by atoms with van der Waals surface area (Å²) in [5.41, 5.74) is 9.39. The monoisotopic (exact) mass is 554 g/mol. The van der Waals surface area contributed by atoms with Crippen molar-refractivity contribution in [3.05, 3.63) is 89.0 Å². The molecule has 2 heterocycles. The maximum Gasteiger partial charge on any atom is 0.337 e. The van der Waals surface area contributed by atoms with E-state index in [1.54, 1.807) is 30.3 Å². The number of carbonyl (C=O) groups is 2. The minimum absolute atomic E-state index is 0.186. The number of esters is 1. The number of nitrogens with zero attached hydrogens (tertiary/aromatic N) is 4. The second kappa shape index (κ2) is 12.2. The highest BCUT2D eigenvalue weighted by atomic mass is 16.5. The molecule has 1 atom stereocenters. The Morgan fingerprint density at radius 2 is 1.76 bits per heavy atom. The Morgan fingerprint density at radius 1 is 0.976 bits per heavy atom. The molecule has 3 N–H and O–H groups in total. The highest BCUT2D eigenvalue weighted by molar-refractivity contribution is 6.00. The number of rotatable bonds is 8. The third-order valence-electron chi connectivity index (χ3n) is 7.22. The molecule has 3 aromatic carbocycles. The first kappa shape index (κ1) is 27.9. The Labute approximate surface area is 239 Å². The number of nitrogen functional groups attached to an aromatic ring is 1. The van der Waals surface area contributed by atoms with Gasteiger partial charge in [-0.15, -0.1) is 0 Å². The number of piperazine rings is 1. The number of amides is 1. The molecule has 0 bridgehead atoms. The van der Waals surface area contributed by atoms with Crippen molar-refractivity contribution >= 4 is 34.5 Å². The summed E-state index contributed by atoms with van der Waals surface area (Å²) < 4.78 is 10.8. The van der Waals surface area contributed by atoms with Crippen LogP contribution in [0.15, 0.2) is 66.7 Å². The fourth-order valence-electron chi connectivity index (χ4n) is 4.84. The van der Waals surface area contributed by atoms with Gasteiger partial charge in [0, 0.05) is 37.1 Å². The van der Waals surface area contributed by atoms with Crippen LogP contribution in [0.3, 0.4) is 0 Å². The quantitative estimate of drug-likeness (QED) is 0.313. The normalized spacial score (nSPS) is 14.5. The van der Waals surface area contributed by atoms with Gasteiger partial charge in [-0.2, -0.15) is 4.98 Å². The molecule has 0 radical (unpaired) electrons. The van der Waals surface area contributed by atoms with Gasteiger partial charge in [-0.1, -0.05) is 24.3 Å². The van der Waals surface area contributed by atoms with Crippen LogP contribution in [0.25, 0.3) is 10.9 Å². The van der Waals surface area contributed by atoms with Gasteiger partial charge in [0.25, 0.3) is 5.91 Å². The molecule has 1 unspecified atom stereocenters. The smallest absolute Gasteiger partial charge is 0.337 e. The fraction of sp³-hybridized carbons (Fsp3) is 0.290. The Morgan fingerprint density at radius 3 is 2.54 bits per heavy atom. The van der Waals surface area contributed by atoms with Gasteiger partial charge < -0.3 is 30.3 Å². The van der Waals surface area contributed by atoms with E-state index in [1.807, 2.05) is 43.3 Å². The van der Waals surface area contributed by atoms with Crippen molar-refractivity contribution in [1.82, 2.24) is 20.2 Å². The van der Waals surface area contributed by atoms with Crippen LogP contribution >= 0.6 is 0 Å². The third kappa shape index (κ3) is 6.55. The molecule has 1 aliphatic rings. The zero-order valence-electron chi connectivity index (χ0n) is 23.5. The van der Waals surface area contributed by atoms with Crippen molar-refractivity contribution in [1.29, 1.82) is 0 Å². The fourth-order valence-corrected chi connectivity index (χ4v) is 4.84. The Kier molecular flexibility index (Phi) is 8.30. The van der Waals surface area contributed by atoms with E-state index < -0.39 is 5.97 Å². The number of nitrogens with two attached hydrogens (primary N) is 1. The molecular formula is C31H34N6O4. The summed E-state index contributed by atoms with van der Waals surface area (Å²) in [4.78, 5) is 38.4. The maximum absolute atomic E-state index is 13.2. The van der Waals surface area contributed by atoms with Gasteiger partial charge in [-0.05, 0) is 67.6 Å². The first-order valence-corrected chi connectivity index (χ1v) is 13.5. The average molecular weight is 555 g/mol. The summed E-state index contributed by atoms with van der Waals surface area (Å²) in [7, 11) is 3.46. The minimum Gasteiger partial charge on any atom is -0.489 e. The molecular weight excluding hydrogens is 520 g/mol. The van der Waals surface area contributed by atoms with Gasteiger partial charge in [0.1, 0.15) is 18.2 Å². The number of anilines is 2. The van der Waals surface area contributed by atoms with Crippen LogP contribution in [0.2, 0.25) is 0 Å². The highest BCUT2D eigenvalue weighted by Gasteiger charge is 2.20. The average Bonchev–Trinajstić information content (AvgIpc) is 2.99. The van der Waals surface area contributed by atoms with Gasteiger partial charge in [-0.3, -0.25) is 4.79 Å². The van der Waals surface area contributed by atoms with E-state index in [-0.39, 0.29) is 24.5 Å². The second-order valence-electron chi connectivity index (χ2n) is 10.2. The van der Waals surface area contributed by atoms with Gasteiger partial charge in [-0.25, -0.2) is 9.78 Å². The molecule has 1 saturated heterocycles. The van der Waals surface area contributed by atoms with Crippen molar-refractivity contribution in [2.24, 2.45) is 0 Å². The van der Waals surface area contributed by atoms with Crippen LogP contribution < -0.4 is 20.7 Å². The number of hydrogen-bond acceptors (Lipinski definition) is 9. The summed E-state index contributed by atoms with van der Waals surface area (Å²) in [6.07, 6.45) is 0. The lowest BCUT2D eigenvalue weighted by atomic mass is 10.1. The van der Waals surface area contributed by atoms with E-state index in [1.165, 1.54) is 7.11 Å². The topological polar surface area (TPSA) is 123 Å². The largest absolute Gasteiger partial charge is 0.489 e. The highest BCUT2D eigenvalue weighted by Crippen LogP contribution is 2.27. The molecule has 0 aliphatic carbocycles. The number of methoxy groups -OCH3 is 1. The molecule has 0 spiro atoms. The molecule has 41 heavy (non-hydrogen) atoms. The molecule has 1 amide bonds. The molecule has 5 rings (SSSR count). The maximum atomic E-state index is 13.2. The van der Waals surface area contributed by atoms with E-state index in [0.717, 1.165) is 48.5 Å². The number of fused-ring (bicyclic) bond motifs is 1. The van der Waals surface area contributed by atoms with Crippen LogP contribution in [0.1, 0.15) is 44.8 Å². The van der Waals surface area contributed by atoms with Gasteiger partial charge in [0.05, 0.1) is 24.2 Å². The number of aromatic nitrogens is 2. The van der Waals surface area contributed by atoms with E-state index in [4.69, 9.17) is 15.2 Å². The van der Waals surface area contributed by atoms with Crippen molar-refractivity contribution < 1.29 is 19.1 Å². The van der Waals surface area contributed by atoms with Gasteiger partial charge >= 0.3 is 5.97 Å². The van der Waals surface area contributed by atoms with Gasteiger partial charge in [0.2, 0.25) is 5.95 Å². The van der Waals surface area contributed by atoms with E-state index in [2.05, 4.69) is 32.1 Å². The third-order valence-corrected chi connectivity index (χ3v) is 7.22. The van der Waals surface area contributed by atoms with Crippen molar-refractivity contribution in [2.45, 2.75) is 19.6 Å². The lowest BCUT2D eigenvalue weighted by molar-refractivity contribution is 0.0600. The van der Waals surface area contributed by atoms with E-state index in [0.29, 0.717) is 22.4 Å². The summed E-state index contributed by atoms with van der Waals surface area (Å²) in [6, 6.07) is 19.9. The zero-order valence-corrected chi connectivity index (χ0v) is 23.5. The Balaban J connectivity index is 1.26. The van der Waals surface area contributed by atoms with Crippen molar-refractivity contribution in [3.63, 3.8) is 0 Å². The van der Waals surface area contributed by atoms with Crippen LogP contribution in [0, 0.1) is 0 Å². The van der Waals surface area contributed by atoms with E-state index in [9.17, 15) is 9.59 Å². The van der Waals surface area contributed by atoms with E-state index >= 15 is 0 Å². The molecule has 212 valence electrons. The van der Waals surface area contributed by atoms with Gasteiger partial charge in [0.15, 0.2) is 0 Å². The number of ether oxygens (including phenoxy) is 2. The molecule has 0 saturated carbocycles. The Bertz CT molecular complexity index is 1570. The second-order valence-corrected chi connectivity index (χ2v) is 10.2. The SMILES string of the molecule is COC(=O)c1cccc(COc2cccc(C(C)NC(=O)c3ccc4c(N5CCN(C)CC5)nc(N)nc4c3)c2)c1. The summed E-state index contributed by atoms with van der Waals surface area (Å²) in [6.45, 7) is 5.79. The summed E-state index contributed by atoms with van der Waals surface area (Å²) in [5, 5.41) is 3.94. The predicted molar refractivity (Wildman–Crippen MR) is 158 cm³/mol. The zero-order chi connectivity index (χ0) is 28.9. The molecule has 10 nitrogen and oxygen atoms in total. The van der Waals surface area contributed by atoms with Crippen LogP contribution in [0.5, 0.6) is 5.75 Å². The first-order chi connectivity index (χ1) is 19.8. The summed E-state index contributed by atoms with van der Waals surface area (Å²) >= 11 is 0. The number of nitrogens with one attached hydrogen (secondary N) is 1. The molecule has 1 aliphatic heterocycles. The van der Waals surface area contributed by atoms with Crippen molar-refractivity contribution in [2.75, 3.05) is 51.0 Å². The standard InChI is InChI=1S/C31H34N6O4/c1-20(22-7-5-9-25(17-22)41-19-21-6-4-8-24(16-21)30(39)40-3)33-29(38)23-10-11-26-27(18-23)34-31(32)35-28(26)37-14-12-36(2)13-15-37/h4-11,16-18,20H,12-15,19H2,1-3H3,(H,33,38)(H2,32,34,35). The molecule has 10 heteroatoms.